The van der Waals surface area contributed by atoms with Gasteiger partial charge in [0.1, 0.15) is 0 Å². The largest absolute Gasteiger partial charge is 0.465 e. The van der Waals surface area contributed by atoms with Gasteiger partial charge in [0.25, 0.3) is 0 Å². The smallest absolute Gasteiger partial charge is 0.337 e. The minimum Gasteiger partial charge on any atom is -0.465 e. The lowest BCUT2D eigenvalue weighted by atomic mass is 10.2. The van der Waals surface area contributed by atoms with Crippen LogP contribution in [0.5, 0.6) is 11.5 Å². The van der Waals surface area contributed by atoms with Crippen LogP contribution < -0.4 is 25.4 Å². The molecule has 3 aromatic rings. The lowest BCUT2D eigenvalue weighted by molar-refractivity contribution is 0.0600. The van der Waals surface area contributed by atoms with Gasteiger partial charge in [0.15, 0.2) is 16.6 Å². The van der Waals surface area contributed by atoms with E-state index < -0.39 is 5.97 Å². The molecule has 0 aliphatic carbocycles. The summed E-state index contributed by atoms with van der Waals surface area (Å²) in [4.78, 5) is 25.1. The van der Waals surface area contributed by atoms with Crippen molar-refractivity contribution in [3.63, 3.8) is 0 Å². The van der Waals surface area contributed by atoms with E-state index in [2.05, 4.69) is 30.9 Å². The molecule has 180 valence electrons. The SMILES string of the molecule is COC(=O)c1ccc(NC(=S)NC(=NCc2ccc3c(c2)OCO3)Nc2nc(C)cc(C)n2)cc1. The topological polar surface area (TPSA) is 119 Å². The van der Waals surface area contributed by atoms with E-state index in [1.807, 2.05) is 38.1 Å². The van der Waals surface area contributed by atoms with Crippen LogP contribution in [0.4, 0.5) is 11.6 Å². The fourth-order valence-electron chi connectivity index (χ4n) is 3.29. The first-order chi connectivity index (χ1) is 16.9. The third-order valence-electron chi connectivity index (χ3n) is 4.87. The van der Waals surface area contributed by atoms with Crippen molar-refractivity contribution in [2.45, 2.75) is 20.4 Å². The fourth-order valence-corrected chi connectivity index (χ4v) is 3.50. The number of aryl methyl sites for hydroxylation is 2. The van der Waals surface area contributed by atoms with Crippen molar-refractivity contribution in [2.24, 2.45) is 4.99 Å². The van der Waals surface area contributed by atoms with Crippen molar-refractivity contribution < 1.29 is 19.0 Å². The molecule has 11 heteroatoms. The van der Waals surface area contributed by atoms with Gasteiger partial charge in [-0.15, -0.1) is 0 Å². The van der Waals surface area contributed by atoms with E-state index in [4.69, 9.17) is 26.4 Å². The summed E-state index contributed by atoms with van der Waals surface area (Å²) < 4.78 is 15.5. The van der Waals surface area contributed by atoms with E-state index in [1.165, 1.54) is 7.11 Å². The molecule has 0 saturated heterocycles. The highest BCUT2D eigenvalue weighted by atomic mass is 32.1. The van der Waals surface area contributed by atoms with Crippen LogP contribution in [0.1, 0.15) is 27.3 Å². The van der Waals surface area contributed by atoms with Crippen LogP contribution in [-0.4, -0.2) is 40.9 Å². The number of hydrogen-bond donors (Lipinski definition) is 3. The van der Waals surface area contributed by atoms with Gasteiger partial charge in [-0.05, 0) is 74.1 Å². The van der Waals surface area contributed by atoms with E-state index in [-0.39, 0.29) is 11.9 Å². The number of rotatable bonds is 5. The summed E-state index contributed by atoms with van der Waals surface area (Å²) in [5.41, 5.74) is 3.70. The number of carbonyl (C=O) groups is 1. The average Bonchev–Trinajstić information content (AvgIpc) is 3.30. The molecule has 1 aliphatic rings. The van der Waals surface area contributed by atoms with Crippen molar-refractivity contribution in [1.82, 2.24) is 15.3 Å². The van der Waals surface area contributed by atoms with Gasteiger partial charge in [0, 0.05) is 17.1 Å². The Morgan fingerprint density at radius 1 is 1.03 bits per heavy atom. The maximum Gasteiger partial charge on any atom is 0.337 e. The fraction of sp³-hybridized carbons (Fsp3) is 0.208. The van der Waals surface area contributed by atoms with Crippen molar-refractivity contribution in [3.8, 4) is 11.5 Å². The molecule has 35 heavy (non-hydrogen) atoms. The summed E-state index contributed by atoms with van der Waals surface area (Å²) >= 11 is 5.47. The minimum absolute atomic E-state index is 0.209. The van der Waals surface area contributed by atoms with Crippen LogP contribution in [0.25, 0.3) is 0 Å². The lowest BCUT2D eigenvalue weighted by Gasteiger charge is -2.14. The highest BCUT2D eigenvalue weighted by molar-refractivity contribution is 7.80. The van der Waals surface area contributed by atoms with E-state index >= 15 is 0 Å². The van der Waals surface area contributed by atoms with E-state index in [0.29, 0.717) is 41.2 Å². The number of benzene rings is 2. The number of thiocarbonyl (C=S) groups is 1. The number of anilines is 2. The van der Waals surface area contributed by atoms with Crippen molar-refractivity contribution in [3.05, 3.63) is 71.0 Å². The van der Waals surface area contributed by atoms with Gasteiger partial charge in [-0.2, -0.15) is 0 Å². The standard InChI is InChI=1S/C24H24N6O4S/c1-14-10-15(2)27-23(26-14)29-22(25-12-16-4-9-19-20(11-16)34-13-33-19)30-24(35)28-18-7-5-17(6-8-18)21(31)32-3/h4-11H,12-13H2,1-3H3,(H3,25,26,27,28,29,30,35). The molecule has 0 fully saturated rings. The maximum absolute atomic E-state index is 11.6. The highest BCUT2D eigenvalue weighted by Crippen LogP contribution is 2.32. The first-order valence-electron chi connectivity index (χ1n) is 10.7. The van der Waals surface area contributed by atoms with Gasteiger partial charge in [-0.25, -0.2) is 19.8 Å². The number of carbonyl (C=O) groups excluding carboxylic acids is 1. The van der Waals surface area contributed by atoms with Crippen LogP contribution >= 0.6 is 12.2 Å². The molecule has 0 unspecified atom stereocenters. The molecule has 2 heterocycles. The number of guanidine groups is 1. The number of nitrogens with zero attached hydrogens (tertiary/aromatic N) is 3. The molecule has 0 bridgehead atoms. The zero-order valence-electron chi connectivity index (χ0n) is 19.4. The molecule has 1 aromatic heterocycles. The Bertz CT molecular complexity index is 1260. The maximum atomic E-state index is 11.6. The molecule has 2 aromatic carbocycles. The number of aromatic nitrogens is 2. The molecule has 0 spiro atoms. The second-order valence-corrected chi connectivity index (χ2v) is 8.01. The quantitative estimate of drug-likeness (QED) is 0.211. The van der Waals surface area contributed by atoms with Crippen molar-refractivity contribution in [1.29, 1.82) is 0 Å². The second-order valence-electron chi connectivity index (χ2n) is 7.60. The number of fused-ring (bicyclic) bond motifs is 1. The molecule has 0 saturated carbocycles. The third kappa shape index (κ3) is 6.42. The van der Waals surface area contributed by atoms with Crippen LogP contribution in [-0.2, 0) is 11.3 Å². The van der Waals surface area contributed by atoms with Crippen LogP contribution in [0.15, 0.2) is 53.5 Å². The van der Waals surface area contributed by atoms with E-state index in [0.717, 1.165) is 17.0 Å². The number of aliphatic imine (C=N–C) groups is 1. The Hall–Kier alpha value is -4.25. The summed E-state index contributed by atoms with van der Waals surface area (Å²) in [6.45, 7) is 4.33. The van der Waals surface area contributed by atoms with E-state index in [1.54, 1.807) is 24.3 Å². The summed E-state index contributed by atoms with van der Waals surface area (Å²) in [6, 6.07) is 14.3. The highest BCUT2D eigenvalue weighted by Gasteiger charge is 2.14. The molecule has 3 N–H and O–H groups in total. The summed E-state index contributed by atoms with van der Waals surface area (Å²) in [7, 11) is 1.34. The van der Waals surface area contributed by atoms with Crippen LogP contribution in [0.3, 0.4) is 0 Å². The summed E-state index contributed by atoms with van der Waals surface area (Å²) in [5, 5.41) is 9.52. The number of nitrogens with one attached hydrogen (secondary N) is 3. The number of ether oxygens (including phenoxy) is 3. The van der Waals surface area contributed by atoms with Gasteiger partial charge in [0.2, 0.25) is 18.7 Å². The van der Waals surface area contributed by atoms with Crippen LogP contribution in [0.2, 0.25) is 0 Å². The van der Waals surface area contributed by atoms with Crippen LogP contribution in [0, 0.1) is 13.8 Å². The lowest BCUT2D eigenvalue weighted by Crippen LogP contribution is -2.39. The molecule has 0 atom stereocenters. The van der Waals surface area contributed by atoms with Gasteiger partial charge >= 0.3 is 5.97 Å². The number of esters is 1. The van der Waals surface area contributed by atoms with Gasteiger partial charge in [-0.3, -0.25) is 5.32 Å². The molecule has 1 aliphatic heterocycles. The van der Waals surface area contributed by atoms with E-state index in [9.17, 15) is 4.79 Å². The molecule has 10 nitrogen and oxygen atoms in total. The zero-order chi connectivity index (χ0) is 24.8. The third-order valence-corrected chi connectivity index (χ3v) is 5.07. The molecule has 4 rings (SSSR count). The first kappa shape index (κ1) is 23.9. The Morgan fingerprint density at radius 3 is 2.46 bits per heavy atom. The summed E-state index contributed by atoms with van der Waals surface area (Å²) in [6.07, 6.45) is 0. The van der Waals surface area contributed by atoms with Gasteiger partial charge in [-0.1, -0.05) is 6.07 Å². The van der Waals surface area contributed by atoms with Gasteiger partial charge in [0.05, 0.1) is 19.2 Å². The zero-order valence-corrected chi connectivity index (χ0v) is 20.2. The first-order valence-corrected chi connectivity index (χ1v) is 11.1. The van der Waals surface area contributed by atoms with Crippen molar-refractivity contribution in [2.75, 3.05) is 24.5 Å². The molecule has 0 amide bonds. The number of methoxy groups -OCH3 is 1. The molecular weight excluding hydrogens is 468 g/mol. The predicted octanol–water partition coefficient (Wildman–Crippen LogP) is 3.56. The van der Waals surface area contributed by atoms with Gasteiger partial charge < -0.3 is 24.8 Å². The monoisotopic (exact) mass is 492 g/mol. The Labute approximate surface area is 207 Å². The normalized spacial score (nSPS) is 12.1. The predicted molar refractivity (Wildman–Crippen MR) is 136 cm³/mol. The summed E-state index contributed by atoms with van der Waals surface area (Å²) in [5.74, 6) is 1.74. The Kier molecular flexibility index (Phi) is 7.36. The molecule has 0 radical (unpaired) electrons. The Morgan fingerprint density at radius 2 is 1.74 bits per heavy atom. The van der Waals surface area contributed by atoms with Crippen molar-refractivity contribution >= 4 is 40.9 Å². The minimum atomic E-state index is -0.409. The second kappa shape index (κ2) is 10.8. The Balaban J connectivity index is 1.49. The average molecular weight is 493 g/mol. The molecular formula is C24H24N6O4S. The number of hydrogen-bond acceptors (Lipinski definition) is 8.